The minimum absolute atomic E-state index is 0.904. The molecule has 0 saturated carbocycles. The van der Waals surface area contributed by atoms with Gasteiger partial charge in [0.25, 0.3) is 0 Å². The summed E-state index contributed by atoms with van der Waals surface area (Å²) in [6, 6.07) is 8.71. The maximum atomic E-state index is 4.50. The number of fused-ring (bicyclic) bond motifs is 1. The Bertz CT molecular complexity index is 790. The first-order chi connectivity index (χ1) is 10.8. The molecule has 22 heavy (non-hydrogen) atoms. The topological polar surface area (TPSA) is 45.5 Å². The van der Waals surface area contributed by atoms with E-state index in [1.54, 1.807) is 0 Å². The van der Waals surface area contributed by atoms with E-state index in [9.17, 15) is 0 Å². The average molecular weight is 405 g/mol. The highest BCUT2D eigenvalue weighted by atomic mass is 127. The van der Waals surface area contributed by atoms with Gasteiger partial charge in [-0.15, -0.1) is 0 Å². The highest BCUT2D eigenvalue weighted by molar-refractivity contribution is 14.1. The summed E-state index contributed by atoms with van der Waals surface area (Å²) in [4.78, 5) is 6.92. The van der Waals surface area contributed by atoms with E-state index in [-0.39, 0.29) is 0 Å². The molecule has 0 radical (unpaired) electrons. The Hall–Kier alpha value is -1.67. The van der Waals surface area contributed by atoms with Gasteiger partial charge in [0.15, 0.2) is 5.65 Å². The maximum absolute atomic E-state index is 4.50. The molecule has 3 heterocycles. The maximum Gasteiger partial charge on any atom is 0.168 e. The van der Waals surface area contributed by atoms with Crippen molar-refractivity contribution in [3.8, 4) is 11.1 Å². The number of nitrogens with zero attached hydrogens (tertiary/aromatic N) is 4. The van der Waals surface area contributed by atoms with Gasteiger partial charge in [0, 0.05) is 49.8 Å². The zero-order chi connectivity index (χ0) is 14.9. The van der Waals surface area contributed by atoms with Crippen molar-refractivity contribution < 1.29 is 0 Å². The number of benzene rings is 1. The highest BCUT2D eigenvalue weighted by Crippen LogP contribution is 2.23. The van der Waals surface area contributed by atoms with Crippen molar-refractivity contribution in [2.45, 2.75) is 0 Å². The minimum Gasteiger partial charge on any atom is -0.369 e. The van der Waals surface area contributed by atoms with Gasteiger partial charge < -0.3 is 10.2 Å². The van der Waals surface area contributed by atoms with Gasteiger partial charge in [0.2, 0.25) is 0 Å². The number of halogens is 1. The van der Waals surface area contributed by atoms with Crippen LogP contribution in [-0.4, -0.2) is 40.8 Å². The molecule has 112 valence electrons. The van der Waals surface area contributed by atoms with Gasteiger partial charge in [0.1, 0.15) is 0 Å². The van der Waals surface area contributed by atoms with Gasteiger partial charge in [-0.2, -0.15) is 5.10 Å². The number of rotatable bonds is 2. The van der Waals surface area contributed by atoms with Crippen molar-refractivity contribution in [2.24, 2.45) is 0 Å². The van der Waals surface area contributed by atoms with Crippen LogP contribution in [0.15, 0.2) is 42.9 Å². The van der Waals surface area contributed by atoms with Crippen LogP contribution in [-0.2, 0) is 0 Å². The molecule has 1 N–H and O–H groups in total. The first-order valence-corrected chi connectivity index (χ1v) is 8.44. The van der Waals surface area contributed by atoms with Crippen LogP contribution in [0.3, 0.4) is 0 Å². The van der Waals surface area contributed by atoms with Crippen LogP contribution in [0.4, 0.5) is 5.69 Å². The molecule has 1 aromatic carbocycles. The van der Waals surface area contributed by atoms with Crippen molar-refractivity contribution in [2.75, 3.05) is 31.1 Å². The van der Waals surface area contributed by atoms with Crippen LogP contribution in [0, 0.1) is 3.57 Å². The Morgan fingerprint density at radius 2 is 1.77 bits per heavy atom. The lowest BCUT2D eigenvalue weighted by Gasteiger charge is -2.29. The van der Waals surface area contributed by atoms with Crippen molar-refractivity contribution in [1.29, 1.82) is 0 Å². The molecular formula is C16H16IN5. The number of nitrogens with one attached hydrogen (secondary N) is 1. The van der Waals surface area contributed by atoms with E-state index in [0.717, 1.165) is 41.0 Å². The summed E-state index contributed by atoms with van der Waals surface area (Å²) in [7, 11) is 0. The summed E-state index contributed by atoms with van der Waals surface area (Å²) in [5, 5.41) is 7.71. The Labute approximate surface area is 142 Å². The molecule has 0 atom stereocenters. The molecule has 0 amide bonds. The van der Waals surface area contributed by atoms with Crippen LogP contribution in [0.25, 0.3) is 16.8 Å². The fourth-order valence-electron chi connectivity index (χ4n) is 2.78. The molecule has 1 fully saturated rings. The first kappa shape index (κ1) is 14.0. The molecule has 1 aliphatic rings. The molecule has 5 nitrogen and oxygen atoms in total. The lowest BCUT2D eigenvalue weighted by atomic mass is 10.1. The second kappa shape index (κ2) is 5.85. The number of aromatic nitrogens is 3. The fourth-order valence-corrected chi connectivity index (χ4v) is 3.29. The molecule has 1 saturated heterocycles. The van der Waals surface area contributed by atoms with Crippen molar-refractivity contribution >= 4 is 33.9 Å². The summed E-state index contributed by atoms with van der Waals surface area (Å²) in [5.74, 6) is 0. The minimum atomic E-state index is 0.904. The summed E-state index contributed by atoms with van der Waals surface area (Å²) >= 11 is 2.25. The summed E-state index contributed by atoms with van der Waals surface area (Å²) in [5.41, 5.74) is 4.44. The van der Waals surface area contributed by atoms with Crippen molar-refractivity contribution in [3.05, 3.63) is 46.4 Å². The van der Waals surface area contributed by atoms with Crippen LogP contribution in [0.2, 0.25) is 0 Å². The molecule has 3 aromatic rings. The summed E-state index contributed by atoms with van der Waals surface area (Å²) in [6.45, 7) is 4.25. The predicted molar refractivity (Wildman–Crippen MR) is 96.2 cm³/mol. The van der Waals surface area contributed by atoms with Crippen LogP contribution in [0.5, 0.6) is 0 Å². The van der Waals surface area contributed by atoms with Crippen LogP contribution < -0.4 is 10.2 Å². The lowest BCUT2D eigenvalue weighted by Crippen LogP contribution is -2.43. The normalized spacial score (nSPS) is 15.4. The summed E-state index contributed by atoms with van der Waals surface area (Å²) < 4.78 is 2.90. The predicted octanol–water partition coefficient (Wildman–Crippen LogP) is 2.41. The second-order valence-corrected chi connectivity index (χ2v) is 6.55. The number of piperazine rings is 1. The molecule has 4 rings (SSSR count). The van der Waals surface area contributed by atoms with E-state index < -0.39 is 0 Å². The number of hydrogen-bond acceptors (Lipinski definition) is 4. The molecule has 0 aliphatic carbocycles. The third-order valence-electron chi connectivity index (χ3n) is 4.00. The molecule has 6 heteroatoms. The average Bonchev–Trinajstić information content (AvgIpc) is 2.96. The zero-order valence-corrected chi connectivity index (χ0v) is 14.2. The fraction of sp³-hybridized carbons (Fsp3) is 0.250. The third kappa shape index (κ3) is 2.56. The quantitative estimate of drug-likeness (QED) is 0.666. The van der Waals surface area contributed by atoms with E-state index in [4.69, 9.17) is 0 Å². The van der Waals surface area contributed by atoms with Gasteiger partial charge in [-0.3, -0.25) is 0 Å². The van der Waals surface area contributed by atoms with E-state index >= 15 is 0 Å². The van der Waals surface area contributed by atoms with E-state index in [1.807, 2.05) is 23.1 Å². The monoisotopic (exact) mass is 405 g/mol. The highest BCUT2D eigenvalue weighted by Gasteiger charge is 2.10. The van der Waals surface area contributed by atoms with E-state index in [1.165, 1.54) is 11.3 Å². The molecular weight excluding hydrogens is 389 g/mol. The first-order valence-electron chi connectivity index (χ1n) is 7.36. The second-order valence-electron chi connectivity index (χ2n) is 5.39. The van der Waals surface area contributed by atoms with Gasteiger partial charge in [-0.25, -0.2) is 9.50 Å². The van der Waals surface area contributed by atoms with Crippen molar-refractivity contribution in [1.82, 2.24) is 19.9 Å². The van der Waals surface area contributed by atoms with Gasteiger partial charge >= 0.3 is 0 Å². The Kier molecular flexibility index (Phi) is 3.71. The molecule has 0 bridgehead atoms. The van der Waals surface area contributed by atoms with Gasteiger partial charge in [-0.1, -0.05) is 12.1 Å². The molecule has 0 unspecified atom stereocenters. The van der Waals surface area contributed by atoms with Crippen molar-refractivity contribution in [3.63, 3.8) is 0 Å². The molecule has 2 aromatic heterocycles. The Balaban J connectivity index is 1.63. The van der Waals surface area contributed by atoms with E-state index in [2.05, 4.69) is 67.2 Å². The zero-order valence-electron chi connectivity index (χ0n) is 12.0. The summed E-state index contributed by atoms with van der Waals surface area (Å²) in [6.07, 6.45) is 5.78. The Morgan fingerprint density at radius 1 is 1.00 bits per heavy atom. The SMILES string of the molecule is Ic1cnn2cc(-c3ccc(N4CCNCC4)cc3)cnc12. The number of anilines is 1. The van der Waals surface area contributed by atoms with Crippen LogP contribution >= 0.6 is 22.6 Å². The number of hydrogen-bond donors (Lipinski definition) is 1. The smallest absolute Gasteiger partial charge is 0.168 e. The largest absolute Gasteiger partial charge is 0.369 e. The third-order valence-corrected chi connectivity index (χ3v) is 4.76. The molecule has 1 aliphatic heterocycles. The van der Waals surface area contributed by atoms with Gasteiger partial charge in [-0.05, 0) is 40.3 Å². The standard InChI is InChI=1S/C16H16IN5/c17-15-10-20-22-11-13(9-19-16(15)22)12-1-3-14(4-2-12)21-7-5-18-6-8-21/h1-4,9-11,18H,5-8H2. The molecule has 0 spiro atoms. The lowest BCUT2D eigenvalue weighted by molar-refractivity contribution is 0.589. The van der Waals surface area contributed by atoms with Gasteiger partial charge in [0.05, 0.1) is 9.77 Å². The Morgan fingerprint density at radius 3 is 2.55 bits per heavy atom. The van der Waals surface area contributed by atoms with Crippen LogP contribution in [0.1, 0.15) is 0 Å². The van der Waals surface area contributed by atoms with E-state index in [0.29, 0.717) is 0 Å².